The molecule has 0 aliphatic rings. The third kappa shape index (κ3) is 4.50. The number of benzene rings is 3. The number of carbonyl (C=O) groups is 3. The summed E-state index contributed by atoms with van der Waals surface area (Å²) in [5.74, 6) is -2.39. The highest BCUT2D eigenvalue weighted by atomic mass is 35.5. The number of nitrogens with zero attached hydrogens (tertiary/aromatic N) is 1. The summed E-state index contributed by atoms with van der Waals surface area (Å²) in [5, 5.41) is 11.4. The zero-order chi connectivity index (χ0) is 25.3. The van der Waals surface area contributed by atoms with Gasteiger partial charge in [0, 0.05) is 27.2 Å². The zero-order valence-corrected chi connectivity index (χ0v) is 20.4. The Balaban J connectivity index is 1.95. The van der Waals surface area contributed by atoms with Crippen LogP contribution in [0.1, 0.15) is 43.5 Å². The standard InChI is InChI=1S/C26H21ClN2O5S/c1-14-22(23(26(32)33)15-3-5-16(6-4-15)24(30)28-35)20-13-19(34-2)11-12-21(20)29(14)25(31)17-7-9-18(27)10-8-17/h3-13,23,35H,1-2H3,(H,28,30)(H,32,33). The number of carboxylic acid groups (broad SMARTS) is 1. The number of ether oxygens (including phenoxy) is 1. The van der Waals surface area contributed by atoms with Gasteiger partial charge < -0.3 is 9.84 Å². The molecule has 0 fully saturated rings. The highest BCUT2D eigenvalue weighted by molar-refractivity contribution is 7.78. The number of carboxylic acids is 1. The van der Waals surface area contributed by atoms with Gasteiger partial charge in [-0.2, -0.15) is 0 Å². The first-order valence-corrected chi connectivity index (χ1v) is 11.4. The van der Waals surface area contributed by atoms with Crippen LogP contribution in [0, 0.1) is 6.92 Å². The smallest absolute Gasteiger partial charge is 0.315 e. The quantitative estimate of drug-likeness (QED) is 0.315. The van der Waals surface area contributed by atoms with E-state index in [0.29, 0.717) is 49.6 Å². The lowest BCUT2D eigenvalue weighted by molar-refractivity contribution is -0.137. The van der Waals surface area contributed by atoms with Crippen LogP contribution in [0.5, 0.6) is 5.75 Å². The van der Waals surface area contributed by atoms with Crippen LogP contribution in [-0.4, -0.2) is 34.6 Å². The van der Waals surface area contributed by atoms with E-state index in [0.717, 1.165) is 0 Å². The molecule has 0 saturated heterocycles. The van der Waals surface area contributed by atoms with Crippen LogP contribution in [0.25, 0.3) is 10.9 Å². The second-order valence-corrected chi connectivity index (χ2v) is 8.52. The van der Waals surface area contributed by atoms with Crippen molar-refractivity contribution in [3.63, 3.8) is 0 Å². The minimum Gasteiger partial charge on any atom is -0.497 e. The molecule has 1 amide bonds. The molecule has 0 aliphatic carbocycles. The lowest BCUT2D eigenvalue weighted by Gasteiger charge is -2.15. The normalized spacial score (nSPS) is 11.8. The summed E-state index contributed by atoms with van der Waals surface area (Å²) in [6, 6.07) is 17.9. The van der Waals surface area contributed by atoms with Crippen molar-refractivity contribution in [2.45, 2.75) is 12.8 Å². The van der Waals surface area contributed by atoms with Crippen molar-refractivity contribution in [3.05, 3.63) is 99.7 Å². The predicted octanol–water partition coefficient (Wildman–Crippen LogP) is 5.09. The van der Waals surface area contributed by atoms with Gasteiger partial charge in [0.2, 0.25) is 0 Å². The summed E-state index contributed by atoms with van der Waals surface area (Å²) >= 11 is 9.75. The highest BCUT2D eigenvalue weighted by Gasteiger charge is 2.31. The molecule has 0 radical (unpaired) electrons. The molecule has 4 rings (SSSR count). The number of fused-ring (bicyclic) bond motifs is 1. The first kappa shape index (κ1) is 24.4. The Hall–Kier alpha value is -3.75. The predicted molar refractivity (Wildman–Crippen MR) is 137 cm³/mol. The third-order valence-corrected chi connectivity index (χ3v) is 6.35. The van der Waals surface area contributed by atoms with Crippen LogP contribution in [0.2, 0.25) is 5.02 Å². The van der Waals surface area contributed by atoms with Crippen LogP contribution < -0.4 is 9.46 Å². The van der Waals surface area contributed by atoms with E-state index < -0.39 is 17.8 Å². The first-order chi connectivity index (χ1) is 16.8. The third-order valence-electron chi connectivity index (χ3n) is 5.90. The number of thiol groups is 1. The fourth-order valence-electron chi connectivity index (χ4n) is 4.22. The lowest BCUT2D eigenvalue weighted by atomic mass is 9.88. The van der Waals surface area contributed by atoms with Crippen LogP contribution in [0.3, 0.4) is 0 Å². The molecule has 0 saturated carbocycles. The van der Waals surface area contributed by atoms with Crippen molar-refractivity contribution < 1.29 is 24.2 Å². The summed E-state index contributed by atoms with van der Waals surface area (Å²) in [6.45, 7) is 1.72. The van der Waals surface area contributed by atoms with Crippen LogP contribution >= 0.6 is 24.4 Å². The Labute approximate surface area is 211 Å². The Morgan fingerprint density at radius 1 is 1.00 bits per heavy atom. The van der Waals surface area contributed by atoms with Crippen molar-refractivity contribution in [3.8, 4) is 5.75 Å². The molecule has 3 aromatic carbocycles. The largest absolute Gasteiger partial charge is 0.497 e. The van der Waals surface area contributed by atoms with Crippen LogP contribution in [0.4, 0.5) is 0 Å². The molecular weight excluding hydrogens is 488 g/mol. The number of hydrogen-bond donors (Lipinski definition) is 3. The van der Waals surface area contributed by atoms with Gasteiger partial charge in [0.25, 0.3) is 11.8 Å². The number of rotatable bonds is 6. The Morgan fingerprint density at radius 3 is 2.20 bits per heavy atom. The van der Waals surface area contributed by atoms with E-state index in [1.807, 2.05) is 0 Å². The average molecular weight is 509 g/mol. The maximum absolute atomic E-state index is 13.5. The van der Waals surface area contributed by atoms with E-state index in [9.17, 15) is 19.5 Å². The average Bonchev–Trinajstić information content (AvgIpc) is 3.14. The number of aliphatic carboxylic acids is 1. The number of carbonyl (C=O) groups excluding carboxylic acids is 2. The fourth-order valence-corrected chi connectivity index (χ4v) is 4.48. The lowest BCUT2D eigenvalue weighted by Crippen LogP contribution is -2.17. The zero-order valence-electron chi connectivity index (χ0n) is 18.8. The molecule has 0 aliphatic heterocycles. The van der Waals surface area contributed by atoms with Gasteiger partial charge >= 0.3 is 5.97 Å². The number of methoxy groups -OCH3 is 1. The highest BCUT2D eigenvalue weighted by Crippen LogP contribution is 2.38. The first-order valence-electron chi connectivity index (χ1n) is 10.5. The molecule has 35 heavy (non-hydrogen) atoms. The fraction of sp³-hybridized carbons (Fsp3) is 0.115. The molecule has 178 valence electrons. The monoisotopic (exact) mass is 508 g/mol. The van der Waals surface area contributed by atoms with E-state index in [2.05, 4.69) is 17.5 Å². The summed E-state index contributed by atoms with van der Waals surface area (Å²) in [5.41, 5.74) is 2.70. The number of amides is 1. The Morgan fingerprint density at radius 2 is 1.63 bits per heavy atom. The van der Waals surface area contributed by atoms with E-state index in [-0.39, 0.29) is 5.91 Å². The summed E-state index contributed by atoms with van der Waals surface area (Å²) in [7, 11) is 1.52. The van der Waals surface area contributed by atoms with Crippen molar-refractivity contribution in [1.29, 1.82) is 0 Å². The van der Waals surface area contributed by atoms with E-state index in [4.69, 9.17) is 16.3 Å². The molecule has 1 aromatic heterocycles. The molecule has 1 heterocycles. The van der Waals surface area contributed by atoms with Crippen molar-refractivity contribution in [1.82, 2.24) is 9.29 Å². The Bertz CT molecular complexity index is 1450. The molecule has 0 bridgehead atoms. The number of aromatic nitrogens is 1. The molecule has 9 heteroatoms. The SMILES string of the molecule is COc1ccc2c(c1)c(C(C(=O)O)c1ccc(C(=O)NS)cc1)c(C)n2C(=O)c1ccc(Cl)cc1. The second kappa shape index (κ2) is 9.85. The van der Waals surface area contributed by atoms with E-state index in [1.54, 1.807) is 61.5 Å². The van der Waals surface area contributed by atoms with Crippen LogP contribution in [-0.2, 0) is 4.79 Å². The molecular formula is C26H21ClN2O5S. The molecule has 1 unspecified atom stereocenters. The summed E-state index contributed by atoms with van der Waals surface area (Å²) < 4.78 is 9.12. The van der Waals surface area contributed by atoms with Gasteiger partial charge in [-0.3, -0.25) is 23.7 Å². The number of hydrogen-bond acceptors (Lipinski definition) is 5. The molecule has 1 atom stereocenters. The number of halogens is 1. The molecule has 7 nitrogen and oxygen atoms in total. The van der Waals surface area contributed by atoms with Crippen molar-refractivity contribution >= 4 is 53.1 Å². The van der Waals surface area contributed by atoms with Gasteiger partial charge in [-0.15, -0.1) is 0 Å². The van der Waals surface area contributed by atoms with Crippen LogP contribution in [0.15, 0.2) is 66.7 Å². The molecule has 0 spiro atoms. The van der Waals surface area contributed by atoms with Crippen molar-refractivity contribution in [2.24, 2.45) is 0 Å². The van der Waals surface area contributed by atoms with Crippen molar-refractivity contribution in [2.75, 3.05) is 7.11 Å². The Kier molecular flexibility index (Phi) is 6.86. The van der Waals surface area contributed by atoms with E-state index >= 15 is 0 Å². The van der Waals surface area contributed by atoms with Gasteiger partial charge in [-0.25, -0.2) is 0 Å². The summed E-state index contributed by atoms with van der Waals surface area (Å²) in [6.07, 6.45) is 0. The maximum Gasteiger partial charge on any atom is 0.315 e. The topological polar surface area (TPSA) is 97.6 Å². The minimum absolute atomic E-state index is 0.314. The van der Waals surface area contributed by atoms with E-state index in [1.165, 1.54) is 23.8 Å². The summed E-state index contributed by atoms with van der Waals surface area (Å²) in [4.78, 5) is 38.0. The van der Waals surface area contributed by atoms with Gasteiger partial charge in [-0.1, -0.05) is 36.5 Å². The number of nitrogens with one attached hydrogen (secondary N) is 1. The minimum atomic E-state index is -1.10. The second-order valence-electron chi connectivity index (χ2n) is 7.86. The van der Waals surface area contributed by atoms with Gasteiger partial charge in [0.1, 0.15) is 11.7 Å². The maximum atomic E-state index is 13.5. The van der Waals surface area contributed by atoms with Gasteiger partial charge in [0.05, 0.1) is 12.6 Å². The van der Waals surface area contributed by atoms with Gasteiger partial charge in [-0.05, 0) is 72.6 Å². The van der Waals surface area contributed by atoms with Gasteiger partial charge in [0.15, 0.2) is 0 Å². The molecule has 4 aromatic rings. The molecule has 2 N–H and O–H groups in total.